The van der Waals surface area contributed by atoms with E-state index in [9.17, 15) is 9.18 Å². The number of hydrogen-bond acceptors (Lipinski definition) is 6. The van der Waals surface area contributed by atoms with Gasteiger partial charge in [0.15, 0.2) is 5.75 Å². The summed E-state index contributed by atoms with van der Waals surface area (Å²) in [4.78, 5) is 19.0. The minimum absolute atomic E-state index is 0.0280. The Hall–Kier alpha value is -3.30. The number of benzene rings is 3. The smallest absolute Gasteiger partial charge is 0.252 e. The van der Waals surface area contributed by atoms with Gasteiger partial charge in [-0.05, 0) is 85.2 Å². The molecule has 3 fully saturated rings. The molecule has 248 valence electrons. The number of rotatable bonds is 10. The topological polar surface area (TPSA) is 66.1 Å². The molecule has 7 rings (SSSR count). The first kappa shape index (κ1) is 32.3. The van der Waals surface area contributed by atoms with Crippen molar-refractivity contribution >= 4 is 40.4 Å². The third kappa shape index (κ3) is 6.84. The summed E-state index contributed by atoms with van der Waals surface area (Å²) in [6.45, 7) is 6.47. The summed E-state index contributed by atoms with van der Waals surface area (Å²) < 4.78 is 25.1. The molecule has 2 bridgehead atoms. The fourth-order valence-electron chi connectivity index (χ4n) is 7.33. The van der Waals surface area contributed by atoms with E-state index >= 15 is 0 Å². The van der Waals surface area contributed by atoms with Crippen LogP contribution < -0.4 is 25.0 Å². The minimum Gasteiger partial charge on any atom is -0.496 e. The number of nitrogens with one attached hydrogen (secondary N) is 2. The number of amides is 1. The molecule has 3 aliphatic heterocycles. The summed E-state index contributed by atoms with van der Waals surface area (Å²) in [5.74, 6) is 1.12. The Morgan fingerprint density at radius 2 is 1.83 bits per heavy atom. The lowest BCUT2D eigenvalue weighted by molar-refractivity contribution is -0.128. The number of nitrogens with zero attached hydrogens (tertiary/aromatic N) is 2. The molecule has 0 aromatic heterocycles. The summed E-state index contributed by atoms with van der Waals surface area (Å²) in [5.41, 5.74) is 6.52. The maximum absolute atomic E-state index is 14.6. The zero-order valence-electron chi connectivity index (χ0n) is 26.8. The van der Waals surface area contributed by atoms with Crippen LogP contribution in [-0.2, 0) is 11.3 Å². The molecule has 1 saturated carbocycles. The van der Waals surface area contributed by atoms with E-state index in [1.54, 1.807) is 7.11 Å². The highest BCUT2D eigenvalue weighted by atomic mass is 35.5. The molecule has 2 saturated heterocycles. The second-order valence-corrected chi connectivity index (χ2v) is 14.1. The number of ether oxygens (including phenoxy) is 2. The van der Waals surface area contributed by atoms with Crippen molar-refractivity contribution in [1.82, 2.24) is 15.5 Å². The molecule has 10 heteroatoms. The van der Waals surface area contributed by atoms with Gasteiger partial charge in [-0.25, -0.2) is 4.39 Å². The number of anilines is 1. The van der Waals surface area contributed by atoms with Crippen LogP contribution in [0.2, 0.25) is 10.0 Å². The Labute approximate surface area is 286 Å². The Kier molecular flexibility index (Phi) is 9.38. The third-order valence-electron chi connectivity index (χ3n) is 10.0. The van der Waals surface area contributed by atoms with Crippen molar-refractivity contribution in [3.63, 3.8) is 0 Å². The van der Waals surface area contributed by atoms with E-state index < -0.39 is 5.82 Å². The third-order valence-corrected chi connectivity index (χ3v) is 10.6. The zero-order chi connectivity index (χ0) is 32.7. The van der Waals surface area contributed by atoms with Crippen LogP contribution in [0.1, 0.15) is 42.4 Å². The summed E-state index contributed by atoms with van der Waals surface area (Å²) in [5, 5.41) is 7.65. The van der Waals surface area contributed by atoms with Crippen molar-refractivity contribution in [3.05, 3.63) is 92.7 Å². The molecule has 1 amide bonds. The normalized spacial score (nSPS) is 22.4. The average Bonchev–Trinajstić information content (AvgIpc) is 3.80. The van der Waals surface area contributed by atoms with E-state index in [2.05, 4.69) is 57.7 Å². The lowest BCUT2D eigenvalue weighted by Gasteiger charge is -2.41. The summed E-state index contributed by atoms with van der Waals surface area (Å²) in [6, 6.07) is 17.8. The predicted molar refractivity (Wildman–Crippen MR) is 185 cm³/mol. The number of methoxy groups -OCH3 is 1. The molecular formula is C37H41Cl2FN4O3. The highest BCUT2D eigenvalue weighted by molar-refractivity contribution is 6.37. The van der Waals surface area contributed by atoms with Crippen LogP contribution in [0, 0.1) is 18.7 Å². The van der Waals surface area contributed by atoms with E-state index in [1.165, 1.54) is 12.1 Å². The summed E-state index contributed by atoms with van der Waals surface area (Å²) >= 11 is 12.3. The second kappa shape index (κ2) is 13.7. The van der Waals surface area contributed by atoms with Crippen LogP contribution in [0.3, 0.4) is 0 Å². The van der Waals surface area contributed by atoms with Crippen molar-refractivity contribution in [3.8, 4) is 11.5 Å². The molecular weight excluding hydrogens is 638 g/mol. The fourth-order valence-corrected chi connectivity index (χ4v) is 7.90. The summed E-state index contributed by atoms with van der Waals surface area (Å²) in [6.07, 6.45) is 3.85. The van der Waals surface area contributed by atoms with E-state index in [-0.39, 0.29) is 40.0 Å². The van der Waals surface area contributed by atoms with Gasteiger partial charge in [0.1, 0.15) is 11.6 Å². The Bertz CT molecular complexity index is 1660. The van der Waals surface area contributed by atoms with Crippen LogP contribution >= 0.6 is 23.2 Å². The molecule has 1 aliphatic carbocycles. The molecule has 47 heavy (non-hydrogen) atoms. The lowest BCUT2D eigenvalue weighted by atomic mass is 9.83. The monoisotopic (exact) mass is 678 g/mol. The molecule has 3 heterocycles. The Morgan fingerprint density at radius 1 is 1.06 bits per heavy atom. The van der Waals surface area contributed by atoms with Crippen molar-refractivity contribution < 1.29 is 18.7 Å². The van der Waals surface area contributed by atoms with Gasteiger partial charge in [0.25, 0.3) is 5.91 Å². The summed E-state index contributed by atoms with van der Waals surface area (Å²) in [7, 11) is 1.69. The van der Waals surface area contributed by atoms with E-state index in [0.717, 1.165) is 91.1 Å². The highest BCUT2D eigenvalue weighted by Gasteiger charge is 2.41. The lowest BCUT2D eigenvalue weighted by Crippen LogP contribution is -2.60. The molecule has 7 nitrogen and oxygen atoms in total. The van der Waals surface area contributed by atoms with Gasteiger partial charge >= 0.3 is 0 Å². The average molecular weight is 680 g/mol. The molecule has 3 aromatic rings. The van der Waals surface area contributed by atoms with Gasteiger partial charge in [0.2, 0.25) is 0 Å². The largest absolute Gasteiger partial charge is 0.496 e. The van der Waals surface area contributed by atoms with Gasteiger partial charge in [-0.3, -0.25) is 4.79 Å². The first-order valence-corrected chi connectivity index (χ1v) is 17.3. The highest BCUT2D eigenvalue weighted by Crippen LogP contribution is 2.38. The molecule has 3 atom stereocenters. The van der Waals surface area contributed by atoms with Crippen LogP contribution in [0.5, 0.6) is 11.5 Å². The maximum Gasteiger partial charge on any atom is 0.252 e. The molecule has 2 N–H and O–H groups in total. The second-order valence-electron chi connectivity index (χ2n) is 13.2. The van der Waals surface area contributed by atoms with Gasteiger partial charge in [-0.15, -0.1) is 0 Å². The molecule has 0 unspecified atom stereocenters. The molecule has 0 radical (unpaired) electrons. The van der Waals surface area contributed by atoms with Crippen molar-refractivity contribution in [2.24, 2.45) is 5.92 Å². The number of hydrogen-bond donors (Lipinski definition) is 2. The van der Waals surface area contributed by atoms with Crippen LogP contribution in [0.25, 0.3) is 5.57 Å². The van der Waals surface area contributed by atoms with Gasteiger partial charge in [-0.1, -0.05) is 47.5 Å². The number of halogens is 3. The van der Waals surface area contributed by atoms with Crippen molar-refractivity contribution in [1.29, 1.82) is 0 Å². The SMILES string of the molecule is COc1cccc(CN(C(=O)C2=C(c3ccc(N4CC[C@@H](COc5c(Cl)cc(F)cc5Cl)C4)cc3)C[C@@H]3CNC[C@H]2N3)C2CC2)c1C. The maximum atomic E-state index is 14.6. The van der Waals surface area contributed by atoms with E-state index in [0.29, 0.717) is 18.9 Å². The van der Waals surface area contributed by atoms with Crippen LogP contribution in [0.15, 0.2) is 60.2 Å². The molecule has 0 spiro atoms. The first-order chi connectivity index (χ1) is 22.8. The predicted octanol–water partition coefficient (Wildman–Crippen LogP) is 6.63. The first-order valence-electron chi connectivity index (χ1n) is 16.5. The number of piperazine rings is 1. The van der Waals surface area contributed by atoms with Gasteiger partial charge < -0.3 is 29.9 Å². The fraction of sp³-hybridized carbons (Fsp3) is 0.432. The van der Waals surface area contributed by atoms with Crippen LogP contribution in [0.4, 0.5) is 10.1 Å². The number of fused-ring (bicyclic) bond motifs is 2. The standard InChI is InChI=1S/C37H41Cl2FN4O3/c1-22-25(4-3-5-34(22)46-2)20-44(29-10-11-29)37(45)35-30(16-27-17-41-18-33(35)42-27)24-6-8-28(9-7-24)43-13-12-23(19-43)21-47-36-31(38)14-26(40)15-32(36)39/h3-9,14-15,23,27,29,33,41-42H,10-13,16-21H2,1-2H3/t23-,27-,33-/m1/s1. The van der Waals surface area contributed by atoms with E-state index in [1.807, 2.05) is 12.1 Å². The Morgan fingerprint density at radius 3 is 2.55 bits per heavy atom. The quantitative estimate of drug-likeness (QED) is 0.251. The molecule has 3 aromatic carbocycles. The molecule has 4 aliphatic rings. The number of carbonyl (C=O) groups is 1. The van der Waals surface area contributed by atoms with Gasteiger partial charge in [0.05, 0.1) is 29.8 Å². The van der Waals surface area contributed by atoms with Gasteiger partial charge in [-0.2, -0.15) is 0 Å². The zero-order valence-corrected chi connectivity index (χ0v) is 28.3. The van der Waals surface area contributed by atoms with Crippen molar-refractivity contribution in [2.45, 2.75) is 57.3 Å². The minimum atomic E-state index is -0.483. The van der Waals surface area contributed by atoms with E-state index in [4.69, 9.17) is 32.7 Å². The van der Waals surface area contributed by atoms with Crippen LogP contribution in [-0.4, -0.2) is 68.8 Å². The van der Waals surface area contributed by atoms with Crippen molar-refractivity contribution in [2.75, 3.05) is 44.8 Å². The van der Waals surface area contributed by atoms with Gasteiger partial charge in [0, 0.05) is 62.0 Å². The Balaban J connectivity index is 1.10. The number of carbonyl (C=O) groups excluding carboxylic acids is 1.